The number of fused-ring (bicyclic) bond motifs is 1. The molecule has 4 aromatic rings. The topological polar surface area (TPSA) is 77.8 Å². The number of rotatable bonds is 6. The highest BCUT2D eigenvalue weighted by molar-refractivity contribution is 6.42. The third-order valence-electron chi connectivity index (χ3n) is 5.37. The number of nitrogens with one attached hydrogen (secondary N) is 1. The first-order chi connectivity index (χ1) is 16.3. The average Bonchev–Trinajstić information content (AvgIpc) is 2.82. The molecule has 0 aliphatic carbocycles. The predicted octanol–water partition coefficient (Wildman–Crippen LogP) is 6.41. The molecule has 0 atom stereocenters. The highest BCUT2D eigenvalue weighted by Crippen LogP contribution is 2.33. The number of halogens is 2. The summed E-state index contributed by atoms with van der Waals surface area (Å²) in [5, 5.41) is 3.73. The molecule has 4 rings (SSSR count). The van der Waals surface area contributed by atoms with Crippen LogP contribution in [-0.4, -0.2) is 19.6 Å². The maximum absolute atomic E-state index is 13.4. The van der Waals surface area contributed by atoms with Gasteiger partial charge in [-0.15, -0.1) is 0 Å². The van der Waals surface area contributed by atoms with E-state index in [0.29, 0.717) is 38.0 Å². The molecule has 1 N–H and O–H groups in total. The van der Waals surface area contributed by atoms with Crippen molar-refractivity contribution in [1.82, 2.24) is 0 Å². The van der Waals surface area contributed by atoms with Crippen molar-refractivity contribution < 1.29 is 18.7 Å². The minimum absolute atomic E-state index is 0.0507. The Balaban J connectivity index is 1.70. The first kappa shape index (κ1) is 23.7. The normalized spacial score (nSPS) is 10.9. The van der Waals surface area contributed by atoms with E-state index in [2.05, 4.69) is 5.32 Å². The SMILES string of the molecule is COc1ccc(-c2oc3cc(C)c(C)cc3c(=O)c2OCC(=O)Nc2ccc(Cl)c(Cl)c2)cc1. The van der Waals surface area contributed by atoms with Crippen LogP contribution in [0.5, 0.6) is 11.5 Å². The number of hydrogen-bond acceptors (Lipinski definition) is 5. The average molecular weight is 498 g/mol. The third-order valence-corrected chi connectivity index (χ3v) is 6.11. The van der Waals surface area contributed by atoms with Crippen molar-refractivity contribution in [3.63, 3.8) is 0 Å². The molecule has 3 aromatic carbocycles. The standard InChI is InChI=1S/C26H21Cl2NO5/c1-14-10-19-22(11-15(14)2)34-25(16-4-7-18(32-3)8-5-16)26(24(19)31)33-13-23(30)29-17-6-9-20(27)21(28)12-17/h4-12H,13H2,1-3H3,(H,29,30). The fourth-order valence-corrected chi connectivity index (χ4v) is 3.70. The Morgan fingerprint density at radius 3 is 2.35 bits per heavy atom. The molecule has 1 heterocycles. The summed E-state index contributed by atoms with van der Waals surface area (Å²) in [6.07, 6.45) is 0. The van der Waals surface area contributed by atoms with Gasteiger partial charge in [-0.25, -0.2) is 0 Å². The molecule has 0 aliphatic rings. The number of amides is 1. The van der Waals surface area contributed by atoms with Crippen molar-refractivity contribution in [3.8, 4) is 22.8 Å². The smallest absolute Gasteiger partial charge is 0.262 e. The zero-order valence-electron chi connectivity index (χ0n) is 18.7. The van der Waals surface area contributed by atoms with Gasteiger partial charge in [-0.05, 0) is 79.6 Å². The van der Waals surface area contributed by atoms with Gasteiger partial charge in [-0.1, -0.05) is 23.2 Å². The van der Waals surface area contributed by atoms with Crippen LogP contribution in [0.3, 0.4) is 0 Å². The first-order valence-electron chi connectivity index (χ1n) is 10.4. The molecule has 0 aliphatic heterocycles. The monoisotopic (exact) mass is 497 g/mol. The van der Waals surface area contributed by atoms with Crippen LogP contribution in [-0.2, 0) is 4.79 Å². The van der Waals surface area contributed by atoms with Gasteiger partial charge in [0.15, 0.2) is 12.4 Å². The fourth-order valence-electron chi connectivity index (χ4n) is 3.41. The molecule has 1 amide bonds. The molecule has 0 saturated carbocycles. The van der Waals surface area contributed by atoms with E-state index in [9.17, 15) is 9.59 Å². The van der Waals surface area contributed by atoms with Gasteiger partial charge in [0.1, 0.15) is 11.3 Å². The lowest BCUT2D eigenvalue weighted by atomic mass is 10.0. The van der Waals surface area contributed by atoms with E-state index in [4.69, 9.17) is 37.1 Å². The highest BCUT2D eigenvalue weighted by Gasteiger charge is 2.20. The highest BCUT2D eigenvalue weighted by atomic mass is 35.5. The van der Waals surface area contributed by atoms with Crippen molar-refractivity contribution in [1.29, 1.82) is 0 Å². The summed E-state index contributed by atoms with van der Waals surface area (Å²) in [5.41, 5.74) is 3.07. The number of ether oxygens (including phenoxy) is 2. The Morgan fingerprint density at radius 2 is 1.68 bits per heavy atom. The van der Waals surface area contributed by atoms with E-state index in [1.807, 2.05) is 19.9 Å². The van der Waals surface area contributed by atoms with Crippen LogP contribution in [0.4, 0.5) is 5.69 Å². The van der Waals surface area contributed by atoms with E-state index in [-0.39, 0.29) is 16.9 Å². The second-order valence-electron chi connectivity index (χ2n) is 7.72. The zero-order chi connectivity index (χ0) is 24.4. The van der Waals surface area contributed by atoms with Crippen LogP contribution in [0.15, 0.2) is 63.8 Å². The van der Waals surface area contributed by atoms with Crippen molar-refractivity contribution in [2.75, 3.05) is 19.0 Å². The predicted molar refractivity (Wildman–Crippen MR) is 135 cm³/mol. The summed E-state index contributed by atoms with van der Waals surface area (Å²) in [5.74, 6) is 0.358. The van der Waals surface area contributed by atoms with Crippen molar-refractivity contribution in [3.05, 3.63) is 86.0 Å². The quantitative estimate of drug-likeness (QED) is 0.333. The van der Waals surface area contributed by atoms with Crippen LogP contribution in [0, 0.1) is 13.8 Å². The molecule has 0 bridgehead atoms. The van der Waals surface area contributed by atoms with Gasteiger partial charge in [-0.2, -0.15) is 0 Å². The van der Waals surface area contributed by atoms with Gasteiger partial charge in [0.05, 0.1) is 22.5 Å². The van der Waals surface area contributed by atoms with Crippen LogP contribution in [0.1, 0.15) is 11.1 Å². The van der Waals surface area contributed by atoms with Gasteiger partial charge >= 0.3 is 0 Å². The Hall–Kier alpha value is -3.48. The molecular weight excluding hydrogens is 477 g/mol. The Labute approximate surface area is 206 Å². The summed E-state index contributed by atoms with van der Waals surface area (Å²) in [6.45, 7) is 3.45. The number of methoxy groups -OCH3 is 1. The first-order valence-corrected chi connectivity index (χ1v) is 11.1. The number of anilines is 1. The van der Waals surface area contributed by atoms with Gasteiger partial charge in [0.25, 0.3) is 5.91 Å². The molecule has 0 radical (unpaired) electrons. The minimum atomic E-state index is -0.473. The largest absolute Gasteiger partial charge is 0.497 e. The molecule has 0 saturated heterocycles. The van der Waals surface area contributed by atoms with E-state index in [0.717, 1.165) is 11.1 Å². The number of benzene rings is 3. The Kier molecular flexibility index (Phi) is 6.82. The molecule has 0 unspecified atom stereocenters. The fraction of sp³-hybridized carbons (Fsp3) is 0.154. The van der Waals surface area contributed by atoms with E-state index in [1.165, 1.54) is 6.07 Å². The minimum Gasteiger partial charge on any atom is -0.497 e. The molecule has 6 nitrogen and oxygen atoms in total. The lowest BCUT2D eigenvalue weighted by Gasteiger charge is -2.13. The number of aryl methyl sites for hydroxylation is 2. The Bertz CT molecular complexity index is 1440. The summed E-state index contributed by atoms with van der Waals surface area (Å²) >= 11 is 11.9. The molecular formula is C26H21Cl2NO5. The van der Waals surface area contributed by atoms with Crippen molar-refractivity contribution in [2.24, 2.45) is 0 Å². The molecule has 34 heavy (non-hydrogen) atoms. The van der Waals surface area contributed by atoms with E-state index in [1.54, 1.807) is 49.6 Å². The van der Waals surface area contributed by atoms with E-state index < -0.39 is 12.5 Å². The van der Waals surface area contributed by atoms with Gasteiger partial charge < -0.3 is 19.2 Å². The molecule has 1 aromatic heterocycles. The summed E-state index contributed by atoms with van der Waals surface area (Å²) < 4.78 is 17.1. The lowest BCUT2D eigenvalue weighted by molar-refractivity contribution is -0.118. The summed E-state index contributed by atoms with van der Waals surface area (Å²) in [7, 11) is 1.57. The van der Waals surface area contributed by atoms with Crippen LogP contribution >= 0.6 is 23.2 Å². The molecule has 174 valence electrons. The van der Waals surface area contributed by atoms with Gasteiger partial charge in [-0.3, -0.25) is 9.59 Å². The van der Waals surface area contributed by atoms with Crippen LogP contribution < -0.4 is 20.2 Å². The number of hydrogen-bond donors (Lipinski definition) is 1. The maximum atomic E-state index is 13.4. The van der Waals surface area contributed by atoms with Crippen LogP contribution in [0.2, 0.25) is 10.0 Å². The molecule has 0 fully saturated rings. The third kappa shape index (κ3) is 4.88. The van der Waals surface area contributed by atoms with Gasteiger partial charge in [0, 0.05) is 11.3 Å². The van der Waals surface area contributed by atoms with Crippen molar-refractivity contribution in [2.45, 2.75) is 13.8 Å². The van der Waals surface area contributed by atoms with E-state index >= 15 is 0 Å². The Morgan fingerprint density at radius 1 is 0.971 bits per heavy atom. The number of carbonyl (C=O) groups excluding carboxylic acids is 1. The number of carbonyl (C=O) groups is 1. The van der Waals surface area contributed by atoms with Crippen molar-refractivity contribution >= 4 is 45.8 Å². The molecule has 8 heteroatoms. The maximum Gasteiger partial charge on any atom is 0.262 e. The molecule has 0 spiro atoms. The second-order valence-corrected chi connectivity index (χ2v) is 8.53. The summed E-state index contributed by atoms with van der Waals surface area (Å²) in [4.78, 5) is 25.9. The zero-order valence-corrected chi connectivity index (χ0v) is 20.2. The second kappa shape index (κ2) is 9.79. The van der Waals surface area contributed by atoms with Crippen LogP contribution in [0.25, 0.3) is 22.3 Å². The van der Waals surface area contributed by atoms with Gasteiger partial charge in [0.2, 0.25) is 11.2 Å². The summed E-state index contributed by atoms with van der Waals surface area (Å²) in [6, 6.07) is 15.3. The lowest BCUT2D eigenvalue weighted by Crippen LogP contribution is -2.22.